The Kier molecular flexibility index (Phi) is 31.6. The molecule has 6 N–H and O–H groups in total. The van der Waals surface area contributed by atoms with E-state index in [-0.39, 0.29) is 19.1 Å². The minimum atomic E-state index is 0.0463. The molecule has 0 saturated heterocycles. The third-order valence-electron chi connectivity index (χ3n) is 4.61. The highest BCUT2D eigenvalue weighted by atomic mass is 16.3. The van der Waals surface area contributed by atoms with Gasteiger partial charge in [0, 0.05) is 46.6 Å². The van der Waals surface area contributed by atoms with Gasteiger partial charge in [-0.2, -0.15) is 0 Å². The van der Waals surface area contributed by atoms with E-state index in [1.807, 2.05) is 0 Å². The third-order valence-corrected chi connectivity index (χ3v) is 4.61. The highest BCUT2D eigenvalue weighted by molar-refractivity contribution is 4.70. The quantitative estimate of drug-likeness (QED) is 0.442. The Morgan fingerprint density at radius 2 is 0.808 bits per heavy atom. The topological polar surface area (TPSA) is 121 Å². The maximum Gasteiger partial charge on any atom is 0.0478 e. The second kappa shape index (κ2) is 27.0. The SMILES string of the molecule is C1CCCCC1.CC(CO)CO.CO.CO.OCC1CCC(CO)CC1. The van der Waals surface area contributed by atoms with Gasteiger partial charge in [-0.1, -0.05) is 45.4 Å². The summed E-state index contributed by atoms with van der Waals surface area (Å²) in [6, 6.07) is 0. The third kappa shape index (κ3) is 21.8. The molecular weight excluding hydrogens is 336 g/mol. The van der Waals surface area contributed by atoms with Gasteiger partial charge in [0.25, 0.3) is 0 Å². The first-order chi connectivity index (χ1) is 12.7. The summed E-state index contributed by atoms with van der Waals surface area (Å²) in [4.78, 5) is 0. The molecule has 2 rings (SSSR count). The van der Waals surface area contributed by atoms with Crippen LogP contribution in [0, 0.1) is 17.8 Å². The summed E-state index contributed by atoms with van der Waals surface area (Å²) in [6.45, 7) is 2.60. The summed E-state index contributed by atoms with van der Waals surface area (Å²) in [6.07, 6.45) is 13.4. The van der Waals surface area contributed by atoms with Crippen LogP contribution in [-0.4, -0.2) is 71.3 Å². The van der Waals surface area contributed by atoms with Gasteiger partial charge < -0.3 is 30.6 Å². The molecule has 26 heavy (non-hydrogen) atoms. The molecule has 0 amide bonds. The van der Waals surface area contributed by atoms with Crippen LogP contribution in [0.3, 0.4) is 0 Å². The van der Waals surface area contributed by atoms with Crippen LogP contribution in [0.1, 0.15) is 71.1 Å². The summed E-state index contributed by atoms with van der Waals surface area (Å²) in [7, 11) is 2.00. The smallest absolute Gasteiger partial charge is 0.0478 e. The van der Waals surface area contributed by atoms with E-state index < -0.39 is 0 Å². The number of rotatable bonds is 4. The van der Waals surface area contributed by atoms with E-state index in [2.05, 4.69) is 0 Å². The molecule has 0 aromatic carbocycles. The summed E-state index contributed by atoms with van der Waals surface area (Å²) in [5.41, 5.74) is 0. The van der Waals surface area contributed by atoms with Crippen LogP contribution in [0.4, 0.5) is 0 Å². The van der Waals surface area contributed by atoms with Gasteiger partial charge in [-0.3, -0.25) is 0 Å². The van der Waals surface area contributed by atoms with Crippen LogP contribution in [0.25, 0.3) is 0 Å². The standard InChI is InChI=1S/C8H16O2.C6H12.C4H10O2.2CH4O/c9-5-7-1-2-8(6-10)4-3-7;1-2-4-6-5-3-1;1-4(2-5)3-6;2*1-2/h7-10H,1-6H2;1-6H2;4-6H,2-3H2,1H3;2*2H,1H3. The normalized spacial score (nSPS) is 21.5. The van der Waals surface area contributed by atoms with E-state index in [1.54, 1.807) is 6.92 Å². The van der Waals surface area contributed by atoms with Crippen LogP contribution in [-0.2, 0) is 0 Å². The fraction of sp³-hybridized carbons (Fsp3) is 1.00. The van der Waals surface area contributed by atoms with E-state index in [1.165, 1.54) is 38.5 Å². The van der Waals surface area contributed by atoms with Crippen molar-refractivity contribution >= 4 is 0 Å². The van der Waals surface area contributed by atoms with Crippen molar-refractivity contribution in [2.75, 3.05) is 40.6 Å². The Morgan fingerprint density at radius 1 is 0.577 bits per heavy atom. The van der Waals surface area contributed by atoms with Gasteiger partial charge >= 0.3 is 0 Å². The zero-order chi connectivity index (χ0) is 20.6. The molecule has 0 atom stereocenters. The van der Waals surface area contributed by atoms with Crippen molar-refractivity contribution in [1.82, 2.24) is 0 Å². The molecule has 0 heterocycles. The van der Waals surface area contributed by atoms with Crippen LogP contribution in [0.5, 0.6) is 0 Å². The fourth-order valence-electron chi connectivity index (χ4n) is 2.72. The van der Waals surface area contributed by atoms with Crippen molar-refractivity contribution in [3.8, 4) is 0 Å². The van der Waals surface area contributed by atoms with Crippen molar-refractivity contribution < 1.29 is 30.6 Å². The van der Waals surface area contributed by atoms with Crippen LogP contribution < -0.4 is 0 Å². The molecule has 0 spiro atoms. The lowest BCUT2D eigenvalue weighted by molar-refractivity contribution is 0.131. The first-order valence-electron chi connectivity index (χ1n) is 10.0. The van der Waals surface area contributed by atoms with Gasteiger partial charge in [-0.25, -0.2) is 0 Å². The minimum Gasteiger partial charge on any atom is -0.400 e. The Hall–Kier alpha value is -0.240. The summed E-state index contributed by atoms with van der Waals surface area (Å²) in [5, 5.41) is 47.9. The fourth-order valence-corrected chi connectivity index (χ4v) is 2.72. The second-order valence-electron chi connectivity index (χ2n) is 6.84. The lowest BCUT2D eigenvalue weighted by atomic mass is 9.83. The van der Waals surface area contributed by atoms with Crippen molar-refractivity contribution in [3.05, 3.63) is 0 Å². The Balaban J connectivity index is -0.000000289. The van der Waals surface area contributed by atoms with Crippen molar-refractivity contribution in [2.45, 2.75) is 71.1 Å². The molecule has 0 unspecified atom stereocenters. The predicted molar refractivity (Wildman–Crippen MR) is 107 cm³/mol. The van der Waals surface area contributed by atoms with Gasteiger partial charge in [0.1, 0.15) is 0 Å². The van der Waals surface area contributed by atoms with Crippen LogP contribution in [0.2, 0.25) is 0 Å². The van der Waals surface area contributed by atoms with Crippen LogP contribution >= 0.6 is 0 Å². The molecule has 0 radical (unpaired) electrons. The molecule has 0 aromatic rings. The summed E-state index contributed by atoms with van der Waals surface area (Å²) in [5.74, 6) is 1.08. The zero-order valence-electron chi connectivity index (χ0n) is 17.3. The average Bonchev–Trinajstić information content (AvgIpc) is 2.78. The van der Waals surface area contributed by atoms with E-state index in [4.69, 9.17) is 30.6 Å². The summed E-state index contributed by atoms with van der Waals surface area (Å²) >= 11 is 0. The maximum atomic E-state index is 8.79. The Bertz CT molecular complexity index is 189. The largest absolute Gasteiger partial charge is 0.400 e. The first kappa shape index (κ1) is 30.5. The molecule has 2 saturated carbocycles. The van der Waals surface area contributed by atoms with Gasteiger partial charge in [-0.05, 0) is 37.5 Å². The second-order valence-corrected chi connectivity index (χ2v) is 6.84. The molecule has 162 valence electrons. The van der Waals surface area contributed by atoms with Crippen molar-refractivity contribution in [3.63, 3.8) is 0 Å². The zero-order valence-corrected chi connectivity index (χ0v) is 17.3. The number of aliphatic hydroxyl groups is 6. The average molecular weight is 383 g/mol. The van der Waals surface area contributed by atoms with E-state index in [0.29, 0.717) is 25.0 Å². The molecule has 0 aliphatic heterocycles. The van der Waals surface area contributed by atoms with Gasteiger partial charge in [0.15, 0.2) is 0 Å². The number of aliphatic hydroxyl groups excluding tert-OH is 6. The predicted octanol–water partition coefficient (Wildman–Crippen LogP) is 1.94. The molecule has 6 nitrogen and oxygen atoms in total. The van der Waals surface area contributed by atoms with Gasteiger partial charge in [0.05, 0.1) is 0 Å². The highest BCUT2D eigenvalue weighted by Crippen LogP contribution is 2.27. The first-order valence-corrected chi connectivity index (χ1v) is 10.0. The van der Waals surface area contributed by atoms with Crippen molar-refractivity contribution in [1.29, 1.82) is 0 Å². The number of hydrogen-bond donors (Lipinski definition) is 6. The molecule has 0 bridgehead atoms. The monoisotopic (exact) mass is 382 g/mol. The maximum absolute atomic E-state index is 8.79. The molecular formula is C20H46O6. The molecule has 2 aliphatic rings. The van der Waals surface area contributed by atoms with Crippen LogP contribution in [0.15, 0.2) is 0 Å². The lowest BCUT2D eigenvalue weighted by Crippen LogP contribution is -2.19. The van der Waals surface area contributed by atoms with E-state index in [9.17, 15) is 0 Å². The van der Waals surface area contributed by atoms with Gasteiger partial charge in [-0.15, -0.1) is 0 Å². The minimum absolute atomic E-state index is 0.0463. The van der Waals surface area contributed by atoms with E-state index in [0.717, 1.165) is 39.9 Å². The highest BCUT2D eigenvalue weighted by Gasteiger charge is 2.19. The summed E-state index contributed by atoms with van der Waals surface area (Å²) < 4.78 is 0. The Labute approximate surface area is 160 Å². The molecule has 6 heteroatoms. The molecule has 0 aromatic heterocycles. The molecule has 2 aliphatic carbocycles. The Morgan fingerprint density at radius 3 is 0.923 bits per heavy atom. The van der Waals surface area contributed by atoms with E-state index >= 15 is 0 Å². The van der Waals surface area contributed by atoms with Gasteiger partial charge in [0.2, 0.25) is 0 Å². The number of hydrogen-bond acceptors (Lipinski definition) is 6. The van der Waals surface area contributed by atoms with Crippen molar-refractivity contribution in [2.24, 2.45) is 17.8 Å². The molecule has 2 fully saturated rings. The lowest BCUT2D eigenvalue weighted by Gasteiger charge is -2.25.